The van der Waals surface area contributed by atoms with Gasteiger partial charge in [-0.25, -0.2) is 0 Å². The number of nitrogens with one attached hydrogen (secondary N) is 1. The maximum absolute atomic E-state index is 3.68. The number of benzene rings is 4. The first-order valence-electron chi connectivity index (χ1n) is 9.44. The quantitative estimate of drug-likeness (QED) is 0.418. The Balaban J connectivity index is 1.91. The van der Waals surface area contributed by atoms with Crippen LogP contribution < -0.4 is 5.32 Å². The van der Waals surface area contributed by atoms with Crippen molar-refractivity contribution in [3.8, 4) is 0 Å². The molecule has 5 rings (SSSR count). The van der Waals surface area contributed by atoms with E-state index in [1.54, 1.807) is 0 Å². The fourth-order valence-electron chi connectivity index (χ4n) is 4.08. The summed E-state index contributed by atoms with van der Waals surface area (Å²) in [5.74, 6) is 0. The van der Waals surface area contributed by atoms with E-state index in [4.69, 9.17) is 0 Å². The van der Waals surface area contributed by atoms with Crippen molar-refractivity contribution < 1.29 is 0 Å². The molecule has 4 aromatic carbocycles. The van der Waals surface area contributed by atoms with Crippen molar-refractivity contribution in [2.45, 2.75) is 6.92 Å². The molecule has 0 bridgehead atoms. The van der Waals surface area contributed by atoms with Crippen LogP contribution in [0.2, 0.25) is 0 Å². The molecule has 0 fully saturated rings. The van der Waals surface area contributed by atoms with Crippen molar-refractivity contribution in [1.29, 1.82) is 0 Å². The minimum atomic E-state index is 0.849. The smallest absolute Gasteiger partial charge is 0.0508 e. The molecule has 0 spiro atoms. The van der Waals surface area contributed by atoms with Gasteiger partial charge in [0.1, 0.15) is 0 Å². The predicted octanol–water partition coefficient (Wildman–Crippen LogP) is 6.33. The highest BCUT2D eigenvalue weighted by Gasteiger charge is 2.17. The first kappa shape index (κ1) is 15.9. The van der Waals surface area contributed by atoms with Crippen LogP contribution in [0, 0.1) is 6.92 Å². The molecule has 4 aromatic rings. The summed E-state index contributed by atoms with van der Waals surface area (Å²) in [6.45, 7) is 3.00. The van der Waals surface area contributed by atoms with Crippen LogP contribution in [0.25, 0.3) is 32.8 Å². The summed E-state index contributed by atoms with van der Waals surface area (Å²) in [6, 6.07) is 28.4. The van der Waals surface area contributed by atoms with E-state index in [-0.39, 0.29) is 0 Å². The summed E-state index contributed by atoms with van der Waals surface area (Å²) >= 11 is 0. The topological polar surface area (TPSA) is 12.0 Å². The first-order valence-corrected chi connectivity index (χ1v) is 9.44. The fourth-order valence-corrected chi connectivity index (χ4v) is 4.08. The Morgan fingerprint density at radius 3 is 2.15 bits per heavy atom. The largest absolute Gasteiger partial charge is 0.381 e. The molecule has 0 radical (unpaired) electrons. The number of aryl methyl sites for hydroxylation is 1. The molecule has 0 aliphatic carbocycles. The van der Waals surface area contributed by atoms with E-state index in [9.17, 15) is 0 Å². The van der Waals surface area contributed by atoms with Gasteiger partial charge in [-0.05, 0) is 40.1 Å². The van der Waals surface area contributed by atoms with Gasteiger partial charge in [-0.1, -0.05) is 90.5 Å². The maximum Gasteiger partial charge on any atom is 0.0508 e. The highest BCUT2D eigenvalue weighted by Crippen LogP contribution is 2.37. The first-order chi connectivity index (χ1) is 13.3. The lowest BCUT2D eigenvalue weighted by molar-refractivity contribution is 1.00. The van der Waals surface area contributed by atoms with Gasteiger partial charge in [-0.2, -0.15) is 0 Å². The molecule has 27 heavy (non-hydrogen) atoms. The van der Waals surface area contributed by atoms with Crippen LogP contribution in [-0.4, -0.2) is 6.54 Å². The third-order valence-corrected chi connectivity index (χ3v) is 5.30. The second-order valence-electron chi connectivity index (χ2n) is 7.14. The third kappa shape index (κ3) is 2.72. The second-order valence-corrected chi connectivity index (χ2v) is 7.14. The molecule has 1 heteroatoms. The van der Waals surface area contributed by atoms with E-state index in [1.807, 2.05) is 0 Å². The highest BCUT2D eigenvalue weighted by atomic mass is 14.9. The van der Waals surface area contributed by atoms with Crippen LogP contribution in [0.5, 0.6) is 0 Å². The molecule has 0 amide bonds. The molecule has 0 saturated carbocycles. The van der Waals surface area contributed by atoms with E-state index in [0.29, 0.717) is 0 Å². The molecule has 0 saturated heterocycles. The van der Waals surface area contributed by atoms with Crippen LogP contribution in [0.4, 0.5) is 0 Å². The Bertz CT molecular complexity index is 1170. The summed E-state index contributed by atoms with van der Waals surface area (Å²) < 4.78 is 0. The van der Waals surface area contributed by atoms with Crippen molar-refractivity contribution >= 4 is 32.8 Å². The Kier molecular flexibility index (Phi) is 3.79. The molecule has 0 aromatic heterocycles. The lowest BCUT2D eigenvalue weighted by Gasteiger charge is -2.22. The fraction of sp³-hybridized carbons (Fsp3) is 0.0769. The van der Waals surface area contributed by atoms with Crippen LogP contribution in [0.1, 0.15) is 16.7 Å². The Morgan fingerprint density at radius 1 is 0.741 bits per heavy atom. The molecule has 1 aliphatic heterocycles. The predicted molar refractivity (Wildman–Crippen MR) is 117 cm³/mol. The van der Waals surface area contributed by atoms with E-state index in [2.05, 4.69) is 103 Å². The number of dihydropyridines is 1. The highest BCUT2D eigenvalue weighted by molar-refractivity contribution is 6.13. The summed E-state index contributed by atoms with van der Waals surface area (Å²) in [5, 5.41) is 8.82. The van der Waals surface area contributed by atoms with Crippen LogP contribution >= 0.6 is 0 Å². The van der Waals surface area contributed by atoms with Crippen molar-refractivity contribution in [3.05, 3.63) is 108 Å². The molecule has 1 heterocycles. The zero-order valence-electron chi connectivity index (χ0n) is 15.4. The van der Waals surface area contributed by atoms with Gasteiger partial charge in [-0.15, -0.1) is 0 Å². The van der Waals surface area contributed by atoms with Crippen LogP contribution in [0.3, 0.4) is 0 Å². The Labute approximate surface area is 159 Å². The average molecular weight is 347 g/mol. The molecule has 1 nitrogen and oxygen atoms in total. The zero-order valence-corrected chi connectivity index (χ0v) is 15.4. The van der Waals surface area contributed by atoms with Gasteiger partial charge in [0.15, 0.2) is 0 Å². The van der Waals surface area contributed by atoms with E-state index < -0.39 is 0 Å². The van der Waals surface area contributed by atoms with E-state index >= 15 is 0 Å². The van der Waals surface area contributed by atoms with Gasteiger partial charge >= 0.3 is 0 Å². The third-order valence-electron chi connectivity index (χ3n) is 5.30. The monoisotopic (exact) mass is 347 g/mol. The zero-order chi connectivity index (χ0) is 18.2. The maximum atomic E-state index is 3.68. The second kappa shape index (κ2) is 6.44. The Morgan fingerprint density at radius 2 is 1.44 bits per heavy atom. The van der Waals surface area contributed by atoms with E-state index in [1.165, 1.54) is 49.5 Å². The number of fused-ring (bicyclic) bond motifs is 2. The number of allylic oxidation sites excluding steroid dienone is 2. The molecular weight excluding hydrogens is 326 g/mol. The van der Waals surface area contributed by atoms with Gasteiger partial charge in [-0.3, -0.25) is 0 Å². The Hall–Kier alpha value is -3.32. The molecule has 130 valence electrons. The molecule has 0 atom stereocenters. The lowest BCUT2D eigenvalue weighted by atomic mass is 9.89. The molecule has 1 aliphatic rings. The van der Waals surface area contributed by atoms with Crippen molar-refractivity contribution in [2.75, 3.05) is 6.54 Å². The lowest BCUT2D eigenvalue weighted by Crippen LogP contribution is -2.17. The van der Waals surface area contributed by atoms with Crippen LogP contribution in [0.15, 0.2) is 91.0 Å². The van der Waals surface area contributed by atoms with Crippen molar-refractivity contribution in [2.24, 2.45) is 0 Å². The SMILES string of the molecule is Cc1cccc(C2=C(c3c4ccccc4cc4ccccc34)NCC=C2)c1. The van der Waals surface area contributed by atoms with E-state index in [0.717, 1.165) is 6.54 Å². The van der Waals surface area contributed by atoms with Gasteiger partial charge in [0.2, 0.25) is 0 Å². The average Bonchev–Trinajstić information content (AvgIpc) is 2.72. The van der Waals surface area contributed by atoms with Gasteiger partial charge in [0.25, 0.3) is 0 Å². The molecule has 1 N–H and O–H groups in total. The minimum Gasteiger partial charge on any atom is -0.381 e. The summed E-state index contributed by atoms with van der Waals surface area (Å²) in [4.78, 5) is 0. The normalized spacial score (nSPS) is 14.0. The number of hydrogen-bond acceptors (Lipinski definition) is 1. The van der Waals surface area contributed by atoms with Crippen molar-refractivity contribution in [3.63, 3.8) is 0 Å². The van der Waals surface area contributed by atoms with Crippen LogP contribution in [-0.2, 0) is 0 Å². The summed E-state index contributed by atoms with van der Waals surface area (Å²) in [7, 11) is 0. The summed E-state index contributed by atoms with van der Waals surface area (Å²) in [6.07, 6.45) is 4.46. The van der Waals surface area contributed by atoms with Gasteiger partial charge in [0, 0.05) is 17.7 Å². The number of hydrogen-bond donors (Lipinski definition) is 1. The van der Waals surface area contributed by atoms with Crippen molar-refractivity contribution in [1.82, 2.24) is 5.32 Å². The molecular formula is C26H21N. The number of rotatable bonds is 2. The van der Waals surface area contributed by atoms with Gasteiger partial charge < -0.3 is 5.32 Å². The van der Waals surface area contributed by atoms with Gasteiger partial charge in [0.05, 0.1) is 5.70 Å². The molecule has 0 unspecified atom stereocenters. The summed E-state index contributed by atoms with van der Waals surface area (Å²) in [5.41, 5.74) is 6.30. The standard InChI is InChI=1S/C26H21N/c1-18-8-6-11-19(16-18)24-14-7-15-27-26(24)25-22-12-4-2-9-20(22)17-21-10-3-5-13-23(21)25/h2-14,16-17,27H,15H2,1H3. The minimum absolute atomic E-state index is 0.849.